The van der Waals surface area contributed by atoms with Crippen molar-refractivity contribution in [3.8, 4) is 11.5 Å². The number of hydrogen-bond acceptors (Lipinski definition) is 4. The van der Waals surface area contributed by atoms with Crippen molar-refractivity contribution in [2.45, 2.75) is 32.2 Å². The van der Waals surface area contributed by atoms with E-state index in [2.05, 4.69) is 5.32 Å². The van der Waals surface area contributed by atoms with Crippen LogP contribution < -0.4 is 14.8 Å². The molecule has 154 valence electrons. The molecule has 1 aliphatic heterocycles. The third kappa shape index (κ3) is 5.28. The number of amides is 2. The van der Waals surface area contributed by atoms with E-state index in [9.17, 15) is 9.59 Å². The Morgan fingerprint density at radius 3 is 2.34 bits per heavy atom. The first-order chi connectivity index (χ1) is 14.0. The first-order valence-corrected chi connectivity index (χ1v) is 9.86. The number of aryl methyl sites for hydroxylation is 1. The summed E-state index contributed by atoms with van der Waals surface area (Å²) < 4.78 is 10.6. The molecule has 2 amide bonds. The van der Waals surface area contributed by atoms with E-state index >= 15 is 0 Å². The second kappa shape index (κ2) is 9.45. The van der Waals surface area contributed by atoms with Crippen LogP contribution in [0.3, 0.4) is 0 Å². The summed E-state index contributed by atoms with van der Waals surface area (Å²) in [5.41, 5.74) is 2.63. The summed E-state index contributed by atoms with van der Waals surface area (Å²) in [5, 5.41) is 3.09. The van der Waals surface area contributed by atoms with Crippen molar-refractivity contribution in [3.05, 3.63) is 59.2 Å². The van der Waals surface area contributed by atoms with Crippen molar-refractivity contribution in [1.82, 2.24) is 10.2 Å². The molecule has 0 saturated carbocycles. The third-order valence-electron chi connectivity index (χ3n) is 5.28. The molecule has 1 heterocycles. The summed E-state index contributed by atoms with van der Waals surface area (Å²) in [6.07, 6.45) is 1.72. The molecule has 1 saturated heterocycles. The van der Waals surface area contributed by atoms with Gasteiger partial charge in [-0.2, -0.15) is 0 Å². The summed E-state index contributed by atoms with van der Waals surface area (Å²) in [5.74, 6) is 1.35. The predicted octanol–water partition coefficient (Wildman–Crippen LogP) is 2.98. The summed E-state index contributed by atoms with van der Waals surface area (Å²) >= 11 is 0. The molecule has 29 heavy (non-hydrogen) atoms. The molecule has 0 spiro atoms. The van der Waals surface area contributed by atoms with Crippen molar-refractivity contribution in [3.63, 3.8) is 0 Å². The van der Waals surface area contributed by atoms with Gasteiger partial charge < -0.3 is 19.7 Å². The molecule has 6 heteroatoms. The molecule has 0 aromatic heterocycles. The van der Waals surface area contributed by atoms with Crippen molar-refractivity contribution in [2.75, 3.05) is 27.3 Å². The molecule has 1 aliphatic rings. The summed E-state index contributed by atoms with van der Waals surface area (Å²) in [6, 6.07) is 13.1. The number of nitrogens with zero attached hydrogens (tertiary/aromatic N) is 1. The van der Waals surface area contributed by atoms with E-state index in [1.807, 2.05) is 42.2 Å². The largest absolute Gasteiger partial charge is 0.497 e. The highest BCUT2D eigenvalue weighted by Crippen LogP contribution is 2.24. The minimum absolute atomic E-state index is 0.0518. The predicted molar refractivity (Wildman–Crippen MR) is 111 cm³/mol. The highest BCUT2D eigenvalue weighted by molar-refractivity contribution is 5.94. The Bertz CT molecular complexity index is 856. The lowest BCUT2D eigenvalue weighted by molar-refractivity contribution is -0.121. The highest BCUT2D eigenvalue weighted by atomic mass is 16.5. The maximum absolute atomic E-state index is 12.6. The Balaban J connectivity index is 1.52. The average molecular weight is 396 g/mol. The average Bonchev–Trinajstić information content (AvgIpc) is 2.74. The van der Waals surface area contributed by atoms with Gasteiger partial charge in [0.05, 0.1) is 20.6 Å². The standard InChI is InChI=1S/C23H28N2O4/c1-16-4-6-17(7-5-16)23(27)25-12-10-19(11-13-25)24-22(26)15-18-14-20(28-2)8-9-21(18)29-3/h4-9,14,19H,10-13,15H2,1-3H3,(H,24,26). The topological polar surface area (TPSA) is 67.9 Å². The summed E-state index contributed by atoms with van der Waals surface area (Å²) in [4.78, 5) is 27.0. The number of likely N-dealkylation sites (tertiary alicyclic amines) is 1. The molecule has 0 aliphatic carbocycles. The van der Waals surface area contributed by atoms with Gasteiger partial charge in [-0.25, -0.2) is 0 Å². The lowest BCUT2D eigenvalue weighted by Gasteiger charge is -2.32. The molecule has 0 bridgehead atoms. The Morgan fingerprint density at radius 1 is 1.03 bits per heavy atom. The number of carbonyl (C=O) groups is 2. The number of nitrogens with one attached hydrogen (secondary N) is 1. The van der Waals surface area contributed by atoms with Crippen molar-refractivity contribution >= 4 is 11.8 Å². The number of hydrogen-bond donors (Lipinski definition) is 1. The zero-order valence-electron chi connectivity index (χ0n) is 17.2. The van der Waals surface area contributed by atoms with Gasteiger partial charge in [0.15, 0.2) is 0 Å². The molecule has 0 atom stereocenters. The number of carbonyl (C=O) groups excluding carboxylic acids is 2. The molecule has 0 unspecified atom stereocenters. The molecule has 6 nitrogen and oxygen atoms in total. The van der Waals surface area contributed by atoms with E-state index < -0.39 is 0 Å². The quantitative estimate of drug-likeness (QED) is 0.815. The molecule has 0 radical (unpaired) electrons. The van der Waals surface area contributed by atoms with Crippen LogP contribution in [0.1, 0.15) is 34.3 Å². The fourth-order valence-corrected chi connectivity index (χ4v) is 3.58. The van der Waals surface area contributed by atoms with Gasteiger partial charge in [-0.3, -0.25) is 9.59 Å². The lowest BCUT2D eigenvalue weighted by Crippen LogP contribution is -2.46. The minimum atomic E-state index is -0.0557. The second-order valence-corrected chi connectivity index (χ2v) is 7.35. The van der Waals surface area contributed by atoms with Crippen LogP contribution in [0.5, 0.6) is 11.5 Å². The normalized spacial score (nSPS) is 14.4. The Morgan fingerprint density at radius 2 is 1.72 bits per heavy atom. The van der Waals surface area contributed by atoms with E-state index in [1.165, 1.54) is 0 Å². The van der Waals surface area contributed by atoms with E-state index in [1.54, 1.807) is 26.4 Å². The van der Waals surface area contributed by atoms with Gasteiger partial charge in [0.25, 0.3) is 5.91 Å². The second-order valence-electron chi connectivity index (χ2n) is 7.35. The minimum Gasteiger partial charge on any atom is -0.497 e. The Labute approximate surface area is 171 Å². The zero-order chi connectivity index (χ0) is 20.8. The van der Waals surface area contributed by atoms with Gasteiger partial charge in [0.1, 0.15) is 11.5 Å². The summed E-state index contributed by atoms with van der Waals surface area (Å²) in [7, 11) is 3.18. The fraction of sp³-hybridized carbons (Fsp3) is 0.391. The lowest BCUT2D eigenvalue weighted by atomic mass is 10.0. The van der Waals surface area contributed by atoms with Gasteiger partial charge in [0, 0.05) is 30.3 Å². The number of rotatable bonds is 6. The van der Waals surface area contributed by atoms with Gasteiger partial charge in [0.2, 0.25) is 5.91 Å². The van der Waals surface area contributed by atoms with Crippen LogP contribution in [-0.2, 0) is 11.2 Å². The molecule has 3 rings (SSSR count). The van der Waals surface area contributed by atoms with Crippen LogP contribution in [0.25, 0.3) is 0 Å². The number of methoxy groups -OCH3 is 2. The zero-order valence-corrected chi connectivity index (χ0v) is 17.2. The van der Waals surface area contributed by atoms with Crippen LogP contribution >= 0.6 is 0 Å². The first-order valence-electron chi connectivity index (χ1n) is 9.86. The number of ether oxygens (including phenoxy) is 2. The highest BCUT2D eigenvalue weighted by Gasteiger charge is 2.25. The molecule has 2 aromatic rings. The maximum Gasteiger partial charge on any atom is 0.253 e. The van der Waals surface area contributed by atoms with Crippen LogP contribution in [0.2, 0.25) is 0 Å². The van der Waals surface area contributed by atoms with Crippen molar-refractivity contribution < 1.29 is 19.1 Å². The van der Waals surface area contributed by atoms with E-state index in [4.69, 9.17) is 9.47 Å². The van der Waals surface area contributed by atoms with Crippen molar-refractivity contribution in [2.24, 2.45) is 0 Å². The van der Waals surface area contributed by atoms with Crippen LogP contribution in [0.15, 0.2) is 42.5 Å². The number of piperidine rings is 1. The van der Waals surface area contributed by atoms with Gasteiger partial charge in [-0.05, 0) is 50.1 Å². The fourth-order valence-electron chi connectivity index (χ4n) is 3.58. The molecule has 1 fully saturated rings. The number of benzene rings is 2. The first kappa shape index (κ1) is 20.7. The van der Waals surface area contributed by atoms with E-state index in [0.29, 0.717) is 30.2 Å². The van der Waals surface area contributed by atoms with Crippen molar-refractivity contribution in [1.29, 1.82) is 0 Å². The molecule has 2 aromatic carbocycles. The Hall–Kier alpha value is -3.02. The molecular weight excluding hydrogens is 368 g/mol. The van der Waals surface area contributed by atoms with Gasteiger partial charge >= 0.3 is 0 Å². The molecular formula is C23H28N2O4. The third-order valence-corrected chi connectivity index (χ3v) is 5.28. The summed E-state index contributed by atoms with van der Waals surface area (Å²) in [6.45, 7) is 3.28. The maximum atomic E-state index is 12.6. The van der Waals surface area contributed by atoms with E-state index in [0.717, 1.165) is 24.0 Å². The SMILES string of the molecule is COc1ccc(OC)c(CC(=O)NC2CCN(C(=O)c3ccc(C)cc3)CC2)c1. The monoisotopic (exact) mass is 396 g/mol. The van der Waals surface area contributed by atoms with Crippen LogP contribution in [-0.4, -0.2) is 50.1 Å². The van der Waals surface area contributed by atoms with E-state index in [-0.39, 0.29) is 24.3 Å². The van der Waals surface area contributed by atoms with Crippen LogP contribution in [0, 0.1) is 6.92 Å². The van der Waals surface area contributed by atoms with Gasteiger partial charge in [-0.1, -0.05) is 17.7 Å². The molecule has 1 N–H and O–H groups in total. The van der Waals surface area contributed by atoms with Gasteiger partial charge in [-0.15, -0.1) is 0 Å². The van der Waals surface area contributed by atoms with Crippen LogP contribution in [0.4, 0.5) is 0 Å². The Kier molecular flexibility index (Phi) is 6.75. The smallest absolute Gasteiger partial charge is 0.253 e.